The SMILES string of the molecule is CN=C(NCC1(C(F)(F)F)CCC1)NC1CC1. The lowest BCUT2D eigenvalue weighted by Crippen LogP contribution is -2.53. The zero-order valence-electron chi connectivity index (χ0n) is 9.90. The number of rotatable bonds is 3. The normalized spacial score (nSPS) is 24.1. The lowest BCUT2D eigenvalue weighted by molar-refractivity contribution is -0.247. The smallest absolute Gasteiger partial charge is 0.356 e. The van der Waals surface area contributed by atoms with Crippen molar-refractivity contribution in [2.45, 2.75) is 44.3 Å². The molecule has 2 aliphatic carbocycles. The molecule has 0 bridgehead atoms. The van der Waals surface area contributed by atoms with Gasteiger partial charge in [-0.3, -0.25) is 4.99 Å². The highest BCUT2D eigenvalue weighted by Gasteiger charge is 2.58. The molecule has 17 heavy (non-hydrogen) atoms. The maximum Gasteiger partial charge on any atom is 0.396 e. The van der Waals surface area contributed by atoms with E-state index in [4.69, 9.17) is 0 Å². The Morgan fingerprint density at radius 3 is 2.35 bits per heavy atom. The second kappa shape index (κ2) is 4.38. The van der Waals surface area contributed by atoms with Crippen molar-refractivity contribution in [1.82, 2.24) is 10.6 Å². The van der Waals surface area contributed by atoms with Crippen LogP contribution in [0.4, 0.5) is 13.2 Å². The maximum atomic E-state index is 12.9. The summed E-state index contributed by atoms with van der Waals surface area (Å²) in [7, 11) is 1.58. The molecule has 0 amide bonds. The minimum Gasteiger partial charge on any atom is -0.356 e. The standard InChI is InChI=1S/C11H18F3N3/c1-15-9(17-8-3-4-8)16-7-10(5-2-6-10)11(12,13)14/h8H,2-7H2,1H3,(H2,15,16,17). The molecule has 0 atom stereocenters. The third-order valence-corrected chi connectivity index (χ3v) is 3.65. The molecule has 2 N–H and O–H groups in total. The number of nitrogens with zero attached hydrogens (tertiary/aromatic N) is 1. The highest BCUT2D eigenvalue weighted by Crippen LogP contribution is 2.52. The Morgan fingerprint density at radius 2 is 2.00 bits per heavy atom. The molecule has 0 saturated heterocycles. The van der Waals surface area contributed by atoms with Crippen LogP contribution in [0.3, 0.4) is 0 Å². The number of halogens is 3. The van der Waals surface area contributed by atoms with Crippen LogP contribution in [0.25, 0.3) is 0 Å². The summed E-state index contributed by atoms with van der Waals surface area (Å²) in [5.41, 5.74) is -1.53. The van der Waals surface area contributed by atoms with E-state index in [2.05, 4.69) is 15.6 Å². The van der Waals surface area contributed by atoms with Crippen LogP contribution in [0.15, 0.2) is 4.99 Å². The average molecular weight is 249 g/mol. The van der Waals surface area contributed by atoms with Gasteiger partial charge >= 0.3 is 6.18 Å². The molecule has 0 aromatic heterocycles. The van der Waals surface area contributed by atoms with E-state index in [9.17, 15) is 13.2 Å². The second-order valence-electron chi connectivity index (χ2n) is 4.98. The molecule has 2 saturated carbocycles. The maximum absolute atomic E-state index is 12.9. The van der Waals surface area contributed by atoms with E-state index in [1.54, 1.807) is 7.05 Å². The van der Waals surface area contributed by atoms with Crippen LogP contribution in [0.2, 0.25) is 0 Å². The van der Waals surface area contributed by atoms with Crippen LogP contribution in [0.5, 0.6) is 0 Å². The molecule has 0 aliphatic heterocycles. The van der Waals surface area contributed by atoms with Crippen molar-refractivity contribution in [3.05, 3.63) is 0 Å². The summed E-state index contributed by atoms with van der Waals surface area (Å²) in [6, 6.07) is 0.393. The molecule has 0 aromatic carbocycles. The monoisotopic (exact) mass is 249 g/mol. The molecule has 0 aromatic rings. The number of nitrogens with one attached hydrogen (secondary N) is 2. The highest BCUT2D eigenvalue weighted by molar-refractivity contribution is 5.80. The van der Waals surface area contributed by atoms with Gasteiger partial charge in [-0.25, -0.2) is 0 Å². The minimum absolute atomic E-state index is 0.0666. The molecule has 0 heterocycles. The van der Waals surface area contributed by atoms with Crippen LogP contribution in [-0.4, -0.2) is 31.8 Å². The van der Waals surface area contributed by atoms with Crippen molar-refractivity contribution in [3.8, 4) is 0 Å². The first-order valence-electron chi connectivity index (χ1n) is 6.01. The number of hydrogen-bond donors (Lipinski definition) is 2. The molecule has 98 valence electrons. The van der Waals surface area contributed by atoms with Crippen molar-refractivity contribution >= 4 is 5.96 Å². The predicted molar refractivity (Wildman–Crippen MR) is 59.9 cm³/mol. The van der Waals surface area contributed by atoms with Crippen molar-refractivity contribution in [2.24, 2.45) is 10.4 Å². The second-order valence-corrected chi connectivity index (χ2v) is 4.98. The first-order chi connectivity index (χ1) is 7.97. The molecular weight excluding hydrogens is 231 g/mol. The van der Waals surface area contributed by atoms with E-state index < -0.39 is 11.6 Å². The lowest BCUT2D eigenvalue weighted by atomic mass is 9.68. The van der Waals surface area contributed by atoms with Crippen LogP contribution >= 0.6 is 0 Å². The lowest BCUT2D eigenvalue weighted by Gasteiger charge is -2.43. The number of aliphatic imine (C=N–C) groups is 1. The van der Waals surface area contributed by atoms with Crippen LogP contribution in [0, 0.1) is 5.41 Å². The van der Waals surface area contributed by atoms with Gasteiger partial charge in [-0.1, -0.05) is 6.42 Å². The zero-order valence-corrected chi connectivity index (χ0v) is 9.90. The molecular formula is C11H18F3N3. The Balaban J connectivity index is 1.86. The van der Waals surface area contributed by atoms with Gasteiger partial charge in [0.05, 0.1) is 5.41 Å². The summed E-state index contributed by atoms with van der Waals surface area (Å²) in [5, 5.41) is 5.89. The molecule has 0 radical (unpaired) electrons. The Kier molecular flexibility index (Phi) is 3.23. The van der Waals surface area contributed by atoms with Crippen molar-refractivity contribution in [1.29, 1.82) is 0 Å². The van der Waals surface area contributed by atoms with Crippen molar-refractivity contribution in [2.75, 3.05) is 13.6 Å². The fourth-order valence-electron chi connectivity index (χ4n) is 2.03. The van der Waals surface area contributed by atoms with Crippen LogP contribution in [-0.2, 0) is 0 Å². The predicted octanol–water partition coefficient (Wildman–Crippen LogP) is 2.05. The largest absolute Gasteiger partial charge is 0.396 e. The zero-order chi connectivity index (χ0) is 12.5. The van der Waals surface area contributed by atoms with Gasteiger partial charge in [-0.05, 0) is 25.7 Å². The van der Waals surface area contributed by atoms with Gasteiger partial charge in [0.1, 0.15) is 0 Å². The summed E-state index contributed by atoms with van der Waals surface area (Å²) in [6.07, 6.45) is -0.851. The number of guanidine groups is 1. The number of hydrogen-bond acceptors (Lipinski definition) is 1. The minimum atomic E-state index is -4.11. The van der Waals surface area contributed by atoms with E-state index in [0.717, 1.165) is 12.8 Å². The van der Waals surface area contributed by atoms with Crippen LogP contribution < -0.4 is 10.6 Å². The van der Waals surface area contributed by atoms with Gasteiger partial charge in [0, 0.05) is 19.6 Å². The van der Waals surface area contributed by atoms with E-state index in [0.29, 0.717) is 18.4 Å². The quantitative estimate of drug-likeness (QED) is 0.593. The van der Waals surface area contributed by atoms with Gasteiger partial charge in [0.15, 0.2) is 5.96 Å². The van der Waals surface area contributed by atoms with E-state index in [-0.39, 0.29) is 19.4 Å². The highest BCUT2D eigenvalue weighted by atomic mass is 19.4. The van der Waals surface area contributed by atoms with E-state index in [1.165, 1.54) is 0 Å². The summed E-state index contributed by atoms with van der Waals surface area (Å²) in [6.45, 7) is -0.0666. The molecule has 2 rings (SSSR count). The summed E-state index contributed by atoms with van der Waals surface area (Å²) in [4.78, 5) is 3.94. The van der Waals surface area contributed by atoms with Crippen molar-refractivity contribution < 1.29 is 13.2 Å². The first-order valence-corrected chi connectivity index (χ1v) is 6.01. The van der Waals surface area contributed by atoms with Gasteiger partial charge in [0.25, 0.3) is 0 Å². The molecule has 3 nitrogen and oxygen atoms in total. The molecule has 6 heteroatoms. The molecule has 0 spiro atoms. The summed E-state index contributed by atoms with van der Waals surface area (Å²) < 4.78 is 38.7. The Hall–Kier alpha value is -0.940. The van der Waals surface area contributed by atoms with Gasteiger partial charge in [-0.2, -0.15) is 13.2 Å². The molecule has 0 unspecified atom stereocenters. The number of alkyl halides is 3. The molecule has 2 aliphatic rings. The van der Waals surface area contributed by atoms with Gasteiger partial charge in [0.2, 0.25) is 0 Å². The van der Waals surface area contributed by atoms with Crippen molar-refractivity contribution in [3.63, 3.8) is 0 Å². The third kappa shape index (κ3) is 2.66. The fourth-order valence-corrected chi connectivity index (χ4v) is 2.03. The van der Waals surface area contributed by atoms with E-state index >= 15 is 0 Å². The van der Waals surface area contributed by atoms with Crippen LogP contribution in [0.1, 0.15) is 32.1 Å². The topological polar surface area (TPSA) is 36.4 Å². The Labute approximate surface area is 98.9 Å². The summed E-state index contributed by atoms with van der Waals surface area (Å²) in [5.74, 6) is 0.489. The summed E-state index contributed by atoms with van der Waals surface area (Å²) >= 11 is 0. The van der Waals surface area contributed by atoms with Gasteiger partial charge in [-0.15, -0.1) is 0 Å². The first kappa shape index (κ1) is 12.5. The van der Waals surface area contributed by atoms with Gasteiger partial charge < -0.3 is 10.6 Å². The molecule has 2 fully saturated rings. The van der Waals surface area contributed by atoms with E-state index in [1.807, 2.05) is 0 Å². The Bertz CT molecular complexity index is 304. The average Bonchev–Trinajstić information content (AvgIpc) is 2.95. The Morgan fingerprint density at radius 1 is 1.35 bits per heavy atom. The fraction of sp³-hybridized carbons (Fsp3) is 0.909. The third-order valence-electron chi connectivity index (χ3n) is 3.65.